The van der Waals surface area contributed by atoms with Crippen molar-refractivity contribution >= 4 is 15.9 Å². The zero-order chi connectivity index (χ0) is 14.9. The van der Waals surface area contributed by atoms with Gasteiger partial charge in [0.15, 0.2) is 5.84 Å². The van der Waals surface area contributed by atoms with Crippen LogP contribution in [0.5, 0.6) is 0 Å². The van der Waals surface area contributed by atoms with Gasteiger partial charge in [-0.15, -0.1) is 0 Å². The predicted octanol–water partition coefficient (Wildman–Crippen LogP) is 1.11. The number of nitrogens with one attached hydrogen (secondary N) is 1. The van der Waals surface area contributed by atoms with E-state index in [9.17, 15) is 8.42 Å². The predicted molar refractivity (Wildman–Crippen MR) is 76.2 cm³/mol. The van der Waals surface area contributed by atoms with Gasteiger partial charge in [0.05, 0.1) is 10.9 Å². The van der Waals surface area contributed by atoms with Crippen LogP contribution in [0.2, 0.25) is 0 Å². The Morgan fingerprint density at radius 2 is 2.10 bits per heavy atom. The van der Waals surface area contributed by atoms with Crippen LogP contribution in [-0.2, 0) is 10.0 Å². The number of nitrogens with two attached hydrogens (primary N) is 1. The summed E-state index contributed by atoms with van der Waals surface area (Å²) in [7, 11) is -3.69. The summed E-state index contributed by atoms with van der Waals surface area (Å²) in [6.45, 7) is 3.57. The maximum Gasteiger partial charge on any atom is 0.241 e. The van der Waals surface area contributed by atoms with E-state index >= 15 is 0 Å². The molecule has 0 bridgehead atoms. The van der Waals surface area contributed by atoms with Crippen molar-refractivity contribution in [3.8, 4) is 0 Å². The maximum atomic E-state index is 12.5. The lowest BCUT2D eigenvalue weighted by atomic mass is 10.2. The second-order valence-corrected chi connectivity index (χ2v) is 6.91. The van der Waals surface area contributed by atoms with Crippen LogP contribution < -0.4 is 10.5 Å². The fourth-order valence-corrected chi connectivity index (χ4v) is 3.72. The fraction of sp³-hybridized carbons (Fsp3) is 0.462. The number of aryl methyl sites for hydroxylation is 2. The molecule has 1 aromatic carbocycles. The van der Waals surface area contributed by atoms with Crippen LogP contribution in [0.3, 0.4) is 0 Å². The minimum atomic E-state index is -3.69. The molecule has 1 aliphatic carbocycles. The number of nitrogens with zero attached hydrogens (tertiary/aromatic N) is 1. The smallest absolute Gasteiger partial charge is 0.241 e. The van der Waals surface area contributed by atoms with E-state index < -0.39 is 16.1 Å². The number of hydrogen-bond donors (Lipinski definition) is 3. The number of amidine groups is 1. The van der Waals surface area contributed by atoms with Crippen molar-refractivity contribution in [3.05, 3.63) is 29.3 Å². The lowest BCUT2D eigenvalue weighted by Gasteiger charge is -2.18. The van der Waals surface area contributed by atoms with E-state index in [0.717, 1.165) is 18.4 Å². The van der Waals surface area contributed by atoms with Gasteiger partial charge in [0.25, 0.3) is 0 Å². The van der Waals surface area contributed by atoms with Gasteiger partial charge in [-0.25, -0.2) is 13.1 Å². The third kappa shape index (κ3) is 3.10. The van der Waals surface area contributed by atoms with E-state index in [1.165, 1.54) is 0 Å². The van der Waals surface area contributed by atoms with Crippen LogP contribution in [-0.4, -0.2) is 25.5 Å². The standard InChI is InChI=1S/C13H19N3O3S/c1-8-3-4-9(2)11(7-8)20(18,19)16-12(10-5-6-10)13(14)15-17/h3-4,7,10,12,16-17H,5-6H2,1-2H3,(H2,14,15). The van der Waals surface area contributed by atoms with E-state index in [2.05, 4.69) is 9.88 Å². The SMILES string of the molecule is Cc1ccc(C)c(S(=O)(=O)NC(C(N)=NO)C2CC2)c1. The van der Waals surface area contributed by atoms with Crippen LogP contribution in [0.15, 0.2) is 28.3 Å². The molecule has 1 aromatic rings. The van der Waals surface area contributed by atoms with Gasteiger partial charge in [-0.2, -0.15) is 0 Å². The molecule has 0 saturated heterocycles. The lowest BCUT2D eigenvalue weighted by molar-refractivity contribution is 0.314. The Bertz CT molecular complexity index is 636. The van der Waals surface area contributed by atoms with Crippen molar-refractivity contribution in [3.63, 3.8) is 0 Å². The Kier molecular flexibility index (Phi) is 4.01. The Balaban J connectivity index is 2.32. The van der Waals surface area contributed by atoms with Gasteiger partial charge in [-0.05, 0) is 49.8 Å². The molecule has 1 fully saturated rings. The summed E-state index contributed by atoms with van der Waals surface area (Å²) >= 11 is 0. The third-order valence-electron chi connectivity index (χ3n) is 3.44. The highest BCUT2D eigenvalue weighted by Gasteiger charge is 2.37. The molecule has 7 heteroatoms. The maximum absolute atomic E-state index is 12.5. The molecule has 0 spiro atoms. The molecule has 0 amide bonds. The molecule has 1 saturated carbocycles. The van der Waals surface area contributed by atoms with Crippen LogP contribution in [0.4, 0.5) is 0 Å². The Morgan fingerprint density at radius 1 is 1.45 bits per heavy atom. The highest BCUT2D eigenvalue weighted by molar-refractivity contribution is 7.89. The topological polar surface area (TPSA) is 105 Å². The minimum absolute atomic E-state index is 0.0959. The van der Waals surface area contributed by atoms with Crippen molar-refractivity contribution in [1.82, 2.24) is 4.72 Å². The van der Waals surface area contributed by atoms with E-state index in [1.54, 1.807) is 19.1 Å². The molecule has 0 radical (unpaired) electrons. The zero-order valence-corrected chi connectivity index (χ0v) is 12.3. The van der Waals surface area contributed by atoms with Gasteiger partial charge in [-0.1, -0.05) is 17.3 Å². The summed E-state index contributed by atoms with van der Waals surface area (Å²) in [6.07, 6.45) is 1.74. The van der Waals surface area contributed by atoms with Crippen molar-refractivity contribution in [2.75, 3.05) is 0 Å². The van der Waals surface area contributed by atoms with Crippen molar-refractivity contribution in [1.29, 1.82) is 0 Å². The molecule has 6 nitrogen and oxygen atoms in total. The summed E-state index contributed by atoms with van der Waals surface area (Å²) < 4.78 is 27.5. The molecular formula is C13H19N3O3S. The highest BCUT2D eigenvalue weighted by atomic mass is 32.2. The molecule has 20 heavy (non-hydrogen) atoms. The van der Waals surface area contributed by atoms with E-state index in [4.69, 9.17) is 10.9 Å². The summed E-state index contributed by atoms with van der Waals surface area (Å²) in [6, 6.07) is 4.59. The number of hydrogen-bond acceptors (Lipinski definition) is 4. The highest BCUT2D eigenvalue weighted by Crippen LogP contribution is 2.33. The molecule has 1 atom stereocenters. The van der Waals surface area contributed by atoms with Gasteiger partial charge >= 0.3 is 0 Å². The van der Waals surface area contributed by atoms with Gasteiger partial charge in [-0.3, -0.25) is 0 Å². The normalized spacial score (nSPS) is 18.0. The number of sulfonamides is 1. The van der Waals surface area contributed by atoms with E-state index in [1.807, 2.05) is 13.0 Å². The summed E-state index contributed by atoms with van der Waals surface area (Å²) in [5.41, 5.74) is 7.11. The van der Waals surface area contributed by atoms with Crippen LogP contribution in [0.25, 0.3) is 0 Å². The fourth-order valence-electron chi connectivity index (χ4n) is 2.12. The second kappa shape index (κ2) is 5.41. The second-order valence-electron chi connectivity index (χ2n) is 5.23. The van der Waals surface area contributed by atoms with Crippen molar-refractivity contribution in [2.45, 2.75) is 37.6 Å². The Labute approximate surface area is 118 Å². The Morgan fingerprint density at radius 3 is 2.65 bits per heavy atom. The molecule has 1 unspecified atom stereocenters. The molecule has 0 aromatic heterocycles. The lowest BCUT2D eigenvalue weighted by Crippen LogP contribution is -2.46. The molecule has 4 N–H and O–H groups in total. The first-order valence-corrected chi connectivity index (χ1v) is 7.90. The first-order chi connectivity index (χ1) is 9.35. The van der Waals surface area contributed by atoms with Crippen molar-refractivity contribution < 1.29 is 13.6 Å². The van der Waals surface area contributed by atoms with Gasteiger partial charge < -0.3 is 10.9 Å². The molecule has 110 valence electrons. The van der Waals surface area contributed by atoms with Gasteiger partial charge in [0.2, 0.25) is 10.0 Å². The average molecular weight is 297 g/mol. The monoisotopic (exact) mass is 297 g/mol. The summed E-state index contributed by atoms with van der Waals surface area (Å²) in [5.74, 6) is 0.00664. The zero-order valence-electron chi connectivity index (χ0n) is 11.5. The summed E-state index contributed by atoms with van der Waals surface area (Å²) in [5, 5.41) is 11.7. The third-order valence-corrected chi connectivity index (χ3v) is 5.03. The molecule has 2 rings (SSSR count). The minimum Gasteiger partial charge on any atom is -0.409 e. The van der Waals surface area contributed by atoms with Crippen LogP contribution >= 0.6 is 0 Å². The van der Waals surface area contributed by atoms with Crippen molar-refractivity contribution in [2.24, 2.45) is 16.8 Å². The molecule has 1 aliphatic rings. The number of benzene rings is 1. The quantitative estimate of drug-likeness (QED) is 0.327. The Hall–Kier alpha value is -1.60. The first kappa shape index (κ1) is 14.8. The molecule has 0 heterocycles. The van der Waals surface area contributed by atoms with Gasteiger partial charge in [0.1, 0.15) is 0 Å². The molecule has 0 aliphatic heterocycles. The molecular weight excluding hydrogens is 278 g/mol. The number of oxime groups is 1. The number of rotatable bonds is 5. The first-order valence-electron chi connectivity index (χ1n) is 6.42. The van der Waals surface area contributed by atoms with Crippen LogP contribution in [0.1, 0.15) is 24.0 Å². The van der Waals surface area contributed by atoms with Gasteiger partial charge in [0, 0.05) is 0 Å². The van der Waals surface area contributed by atoms with E-state index in [0.29, 0.717) is 5.56 Å². The largest absolute Gasteiger partial charge is 0.409 e. The average Bonchev–Trinajstić information content (AvgIpc) is 3.22. The van der Waals surface area contributed by atoms with Crippen LogP contribution in [0, 0.1) is 19.8 Å². The van der Waals surface area contributed by atoms with E-state index in [-0.39, 0.29) is 16.6 Å². The summed E-state index contributed by atoms with van der Waals surface area (Å²) in [4.78, 5) is 0.230.